The van der Waals surface area contributed by atoms with Crippen molar-refractivity contribution in [3.05, 3.63) is 28.8 Å². The minimum absolute atomic E-state index is 0.266. The molecule has 0 aromatic heterocycles. The van der Waals surface area contributed by atoms with Gasteiger partial charge in [-0.15, -0.1) is 0 Å². The van der Waals surface area contributed by atoms with Crippen LogP contribution in [-0.4, -0.2) is 19.6 Å². The Bertz CT molecular complexity index is 429. The van der Waals surface area contributed by atoms with Gasteiger partial charge in [-0.2, -0.15) is 0 Å². The van der Waals surface area contributed by atoms with Gasteiger partial charge in [-0.3, -0.25) is 0 Å². The fraction of sp³-hybridized carbons (Fsp3) is 0.600. The Balaban J connectivity index is 2.23. The van der Waals surface area contributed by atoms with Crippen LogP contribution in [0.2, 0.25) is 5.02 Å². The van der Waals surface area contributed by atoms with Crippen molar-refractivity contribution in [3.63, 3.8) is 0 Å². The third kappa shape index (κ3) is 2.65. The summed E-state index contributed by atoms with van der Waals surface area (Å²) in [6, 6.07) is 6.13. The lowest BCUT2D eigenvalue weighted by Crippen LogP contribution is -2.48. The summed E-state index contributed by atoms with van der Waals surface area (Å²) in [7, 11) is 0. The average Bonchev–Trinajstić information content (AvgIpc) is 2.31. The molecule has 100 valence electrons. The molecule has 2 rings (SSSR count). The summed E-state index contributed by atoms with van der Waals surface area (Å²) < 4.78 is 0. The van der Waals surface area contributed by atoms with E-state index in [9.17, 15) is 0 Å². The number of hydrogen-bond acceptors (Lipinski definition) is 2. The molecule has 1 aliphatic rings. The van der Waals surface area contributed by atoms with Crippen molar-refractivity contribution < 1.29 is 0 Å². The molecular formula is C15H23ClN2. The van der Waals surface area contributed by atoms with Crippen LogP contribution in [-0.2, 0) is 0 Å². The van der Waals surface area contributed by atoms with Crippen LogP contribution in [0.15, 0.2) is 18.2 Å². The van der Waals surface area contributed by atoms with E-state index in [2.05, 4.69) is 37.8 Å². The molecule has 0 radical (unpaired) electrons. The van der Waals surface area contributed by atoms with Crippen LogP contribution in [0.3, 0.4) is 0 Å². The number of aryl methyl sites for hydroxylation is 1. The van der Waals surface area contributed by atoms with E-state index in [0.29, 0.717) is 5.92 Å². The molecule has 1 unspecified atom stereocenters. The topological polar surface area (TPSA) is 29.3 Å². The molecular weight excluding hydrogens is 244 g/mol. The molecule has 1 heterocycles. The van der Waals surface area contributed by atoms with Crippen LogP contribution in [0.4, 0.5) is 5.69 Å². The Morgan fingerprint density at radius 1 is 1.44 bits per heavy atom. The van der Waals surface area contributed by atoms with Crippen molar-refractivity contribution >= 4 is 17.3 Å². The molecule has 1 saturated heterocycles. The molecule has 0 amide bonds. The third-order valence-corrected chi connectivity index (χ3v) is 4.48. The number of nitrogens with two attached hydrogens (primary N) is 1. The summed E-state index contributed by atoms with van der Waals surface area (Å²) in [6.07, 6.45) is 1.16. The highest BCUT2D eigenvalue weighted by molar-refractivity contribution is 6.30. The van der Waals surface area contributed by atoms with Gasteiger partial charge in [0.2, 0.25) is 0 Å². The highest BCUT2D eigenvalue weighted by atomic mass is 35.5. The maximum atomic E-state index is 6.12. The summed E-state index contributed by atoms with van der Waals surface area (Å²) >= 11 is 6.12. The van der Waals surface area contributed by atoms with Crippen molar-refractivity contribution in [2.24, 2.45) is 17.1 Å². The summed E-state index contributed by atoms with van der Waals surface area (Å²) in [4.78, 5) is 2.45. The second-order valence-electron chi connectivity index (χ2n) is 6.06. The largest absolute Gasteiger partial charge is 0.371 e. The predicted octanol–water partition coefficient (Wildman–Crippen LogP) is 3.46. The second kappa shape index (κ2) is 5.10. The predicted molar refractivity (Wildman–Crippen MR) is 79.3 cm³/mol. The third-order valence-electron chi connectivity index (χ3n) is 4.25. The number of anilines is 1. The van der Waals surface area contributed by atoms with Gasteiger partial charge in [0.25, 0.3) is 0 Å². The van der Waals surface area contributed by atoms with Crippen molar-refractivity contribution in [1.82, 2.24) is 0 Å². The SMILES string of the molecule is Cc1ccc(Cl)cc1N1CCC(CN)C(C)(C)C1. The maximum Gasteiger partial charge on any atom is 0.0426 e. The van der Waals surface area contributed by atoms with Gasteiger partial charge in [0.05, 0.1) is 0 Å². The Morgan fingerprint density at radius 2 is 2.17 bits per heavy atom. The Kier molecular flexibility index (Phi) is 3.88. The Labute approximate surface area is 115 Å². The minimum atomic E-state index is 0.266. The maximum absolute atomic E-state index is 6.12. The smallest absolute Gasteiger partial charge is 0.0426 e. The number of rotatable bonds is 2. The molecule has 1 atom stereocenters. The summed E-state index contributed by atoms with van der Waals surface area (Å²) in [5, 5.41) is 0.814. The quantitative estimate of drug-likeness (QED) is 0.888. The van der Waals surface area contributed by atoms with Gasteiger partial charge in [-0.1, -0.05) is 31.5 Å². The van der Waals surface area contributed by atoms with Gasteiger partial charge in [0, 0.05) is 23.8 Å². The molecule has 1 aromatic carbocycles. The molecule has 0 saturated carbocycles. The first-order valence-corrected chi connectivity index (χ1v) is 7.03. The molecule has 2 nitrogen and oxygen atoms in total. The summed E-state index contributed by atoms with van der Waals surface area (Å²) in [5.41, 5.74) is 8.71. The summed E-state index contributed by atoms with van der Waals surface area (Å²) in [6.45, 7) is 9.69. The minimum Gasteiger partial charge on any atom is -0.371 e. The zero-order chi connectivity index (χ0) is 13.3. The zero-order valence-corrected chi connectivity index (χ0v) is 12.3. The van der Waals surface area contributed by atoms with E-state index in [4.69, 9.17) is 17.3 Å². The number of benzene rings is 1. The number of hydrogen-bond donors (Lipinski definition) is 1. The first-order chi connectivity index (χ1) is 8.44. The number of nitrogens with zero attached hydrogens (tertiary/aromatic N) is 1. The Morgan fingerprint density at radius 3 is 2.78 bits per heavy atom. The van der Waals surface area contributed by atoms with Crippen LogP contribution < -0.4 is 10.6 Å². The highest BCUT2D eigenvalue weighted by Crippen LogP contribution is 2.37. The summed E-state index contributed by atoms with van der Waals surface area (Å²) in [5.74, 6) is 0.619. The Hall–Kier alpha value is -0.730. The van der Waals surface area contributed by atoms with Crippen molar-refractivity contribution in [1.29, 1.82) is 0 Å². The average molecular weight is 267 g/mol. The molecule has 1 aliphatic heterocycles. The van der Waals surface area contributed by atoms with E-state index >= 15 is 0 Å². The van der Waals surface area contributed by atoms with E-state index in [1.165, 1.54) is 11.3 Å². The van der Waals surface area contributed by atoms with Crippen LogP contribution >= 0.6 is 11.6 Å². The zero-order valence-electron chi connectivity index (χ0n) is 11.5. The van der Waals surface area contributed by atoms with Crippen molar-refractivity contribution in [2.45, 2.75) is 27.2 Å². The molecule has 0 bridgehead atoms. The van der Waals surface area contributed by atoms with E-state index in [1.54, 1.807) is 0 Å². The van der Waals surface area contributed by atoms with E-state index in [0.717, 1.165) is 31.1 Å². The molecule has 1 aromatic rings. The van der Waals surface area contributed by atoms with Crippen LogP contribution in [0, 0.1) is 18.3 Å². The molecule has 0 aliphatic carbocycles. The monoisotopic (exact) mass is 266 g/mol. The fourth-order valence-electron chi connectivity index (χ4n) is 2.97. The molecule has 2 N–H and O–H groups in total. The van der Waals surface area contributed by atoms with Crippen LogP contribution in [0.1, 0.15) is 25.8 Å². The lowest BCUT2D eigenvalue weighted by molar-refractivity contribution is 0.182. The van der Waals surface area contributed by atoms with Crippen LogP contribution in [0.5, 0.6) is 0 Å². The molecule has 18 heavy (non-hydrogen) atoms. The van der Waals surface area contributed by atoms with Crippen molar-refractivity contribution in [3.8, 4) is 0 Å². The van der Waals surface area contributed by atoms with Gasteiger partial charge in [0.1, 0.15) is 0 Å². The van der Waals surface area contributed by atoms with Gasteiger partial charge >= 0.3 is 0 Å². The van der Waals surface area contributed by atoms with Gasteiger partial charge in [-0.25, -0.2) is 0 Å². The van der Waals surface area contributed by atoms with Crippen molar-refractivity contribution in [2.75, 3.05) is 24.5 Å². The number of piperidine rings is 1. The number of halogens is 1. The van der Waals surface area contributed by atoms with Gasteiger partial charge in [0.15, 0.2) is 0 Å². The van der Waals surface area contributed by atoms with Crippen LogP contribution in [0.25, 0.3) is 0 Å². The van der Waals surface area contributed by atoms with E-state index in [1.807, 2.05) is 6.07 Å². The second-order valence-corrected chi connectivity index (χ2v) is 6.50. The lowest BCUT2D eigenvalue weighted by Gasteiger charge is -2.45. The first kappa shape index (κ1) is 13.7. The van der Waals surface area contributed by atoms with E-state index in [-0.39, 0.29) is 5.41 Å². The lowest BCUT2D eigenvalue weighted by atomic mass is 9.74. The molecule has 0 spiro atoms. The standard InChI is InChI=1S/C15H23ClN2/c1-11-4-5-13(16)8-14(11)18-7-6-12(9-17)15(2,3)10-18/h4-5,8,12H,6-7,9-10,17H2,1-3H3. The van der Waals surface area contributed by atoms with Gasteiger partial charge < -0.3 is 10.6 Å². The highest BCUT2D eigenvalue weighted by Gasteiger charge is 2.35. The molecule has 1 fully saturated rings. The fourth-order valence-corrected chi connectivity index (χ4v) is 3.13. The first-order valence-electron chi connectivity index (χ1n) is 6.65. The van der Waals surface area contributed by atoms with Gasteiger partial charge in [-0.05, 0) is 48.9 Å². The normalized spacial score (nSPS) is 23.2. The van der Waals surface area contributed by atoms with E-state index < -0.39 is 0 Å². The molecule has 3 heteroatoms.